The van der Waals surface area contributed by atoms with Crippen molar-refractivity contribution >= 4 is 23.2 Å². The first-order valence-corrected chi connectivity index (χ1v) is 9.46. The number of benzene rings is 1. The van der Waals surface area contributed by atoms with Crippen molar-refractivity contribution in [2.75, 3.05) is 10.6 Å². The number of carbonyl (C=O) groups is 1. The van der Waals surface area contributed by atoms with E-state index in [2.05, 4.69) is 30.7 Å². The largest absolute Gasteiger partial charge is 0.324 e. The Bertz CT molecular complexity index is 1160. The van der Waals surface area contributed by atoms with Crippen molar-refractivity contribution in [3.8, 4) is 5.82 Å². The summed E-state index contributed by atoms with van der Waals surface area (Å²) in [5.74, 6) is 0.980. The number of nitrogens with one attached hydrogen (secondary N) is 2. The molecular formula is C22H21N7O. The van der Waals surface area contributed by atoms with E-state index in [1.54, 1.807) is 17.1 Å². The van der Waals surface area contributed by atoms with E-state index in [1.165, 1.54) is 0 Å². The fourth-order valence-electron chi connectivity index (χ4n) is 3.09. The monoisotopic (exact) mass is 399 g/mol. The van der Waals surface area contributed by atoms with Gasteiger partial charge in [-0.05, 0) is 63.2 Å². The topological polar surface area (TPSA) is 97.6 Å². The Morgan fingerprint density at radius 1 is 0.933 bits per heavy atom. The highest BCUT2D eigenvalue weighted by atomic mass is 16.1. The normalized spacial score (nSPS) is 10.6. The molecule has 0 unspecified atom stereocenters. The Morgan fingerprint density at radius 2 is 1.63 bits per heavy atom. The number of pyridine rings is 1. The van der Waals surface area contributed by atoms with Crippen LogP contribution < -0.4 is 10.6 Å². The minimum absolute atomic E-state index is 0.229. The van der Waals surface area contributed by atoms with Gasteiger partial charge in [0.15, 0.2) is 5.82 Å². The lowest BCUT2D eigenvalue weighted by molar-refractivity contribution is 0.102. The highest BCUT2D eigenvalue weighted by molar-refractivity contribution is 6.05. The minimum Gasteiger partial charge on any atom is -0.324 e. The molecule has 150 valence electrons. The fourth-order valence-corrected chi connectivity index (χ4v) is 3.09. The number of anilines is 3. The molecule has 2 N–H and O–H groups in total. The second-order valence-corrected chi connectivity index (χ2v) is 6.87. The van der Waals surface area contributed by atoms with E-state index in [9.17, 15) is 4.79 Å². The predicted octanol–water partition coefficient (Wildman–Crippen LogP) is 3.98. The Balaban J connectivity index is 1.46. The van der Waals surface area contributed by atoms with Crippen LogP contribution in [0.1, 0.15) is 27.4 Å². The first-order chi connectivity index (χ1) is 14.5. The summed E-state index contributed by atoms with van der Waals surface area (Å²) in [4.78, 5) is 25.7. The maximum atomic E-state index is 12.7. The second kappa shape index (κ2) is 8.12. The van der Waals surface area contributed by atoms with Crippen LogP contribution >= 0.6 is 0 Å². The highest BCUT2D eigenvalue weighted by Crippen LogP contribution is 2.19. The lowest BCUT2D eigenvalue weighted by Gasteiger charge is -2.09. The summed E-state index contributed by atoms with van der Waals surface area (Å²) in [5, 5.41) is 10.4. The number of rotatable bonds is 5. The Labute approximate surface area is 174 Å². The molecule has 30 heavy (non-hydrogen) atoms. The molecule has 1 aromatic carbocycles. The molecule has 0 saturated carbocycles. The number of nitrogens with zero attached hydrogens (tertiary/aromatic N) is 5. The van der Waals surface area contributed by atoms with E-state index < -0.39 is 0 Å². The zero-order chi connectivity index (χ0) is 21.1. The molecule has 0 aliphatic carbocycles. The van der Waals surface area contributed by atoms with Crippen molar-refractivity contribution in [1.29, 1.82) is 0 Å². The molecule has 0 saturated heterocycles. The molecule has 0 aliphatic heterocycles. The molecule has 3 heterocycles. The van der Waals surface area contributed by atoms with Crippen LogP contribution in [0.4, 0.5) is 17.3 Å². The quantitative estimate of drug-likeness (QED) is 0.527. The van der Waals surface area contributed by atoms with Crippen molar-refractivity contribution in [1.82, 2.24) is 24.7 Å². The molecule has 8 nitrogen and oxygen atoms in total. The van der Waals surface area contributed by atoms with Gasteiger partial charge in [0.2, 0.25) is 5.95 Å². The summed E-state index contributed by atoms with van der Waals surface area (Å²) in [6, 6.07) is 14.8. The van der Waals surface area contributed by atoms with Crippen LogP contribution in [-0.4, -0.2) is 30.6 Å². The number of amides is 1. The van der Waals surface area contributed by atoms with Crippen LogP contribution in [0.25, 0.3) is 5.82 Å². The van der Waals surface area contributed by atoms with E-state index in [0.717, 1.165) is 22.8 Å². The second-order valence-electron chi connectivity index (χ2n) is 6.87. The summed E-state index contributed by atoms with van der Waals surface area (Å²) in [6.07, 6.45) is 3.24. The summed E-state index contributed by atoms with van der Waals surface area (Å²) >= 11 is 0. The molecule has 1 amide bonds. The Morgan fingerprint density at radius 3 is 2.30 bits per heavy atom. The van der Waals surface area contributed by atoms with E-state index >= 15 is 0 Å². The average Bonchev–Trinajstić information content (AvgIpc) is 3.11. The van der Waals surface area contributed by atoms with Crippen LogP contribution in [0.15, 0.2) is 60.9 Å². The standard InChI is InChI=1S/C22H21N7O/c1-14-12-15(2)26-22(25-14)28-18-9-7-17(8-10-18)27-21(30)19-13-24-29(16(19)3)20-6-4-5-11-23-20/h4-13H,1-3H3,(H,27,30)(H,25,26,28). The van der Waals surface area contributed by atoms with E-state index in [0.29, 0.717) is 23.0 Å². The molecule has 0 bridgehead atoms. The number of aromatic nitrogens is 5. The van der Waals surface area contributed by atoms with Crippen LogP contribution in [0.2, 0.25) is 0 Å². The fraction of sp³-hybridized carbons (Fsp3) is 0.136. The van der Waals surface area contributed by atoms with Gasteiger partial charge in [-0.25, -0.2) is 19.6 Å². The van der Waals surface area contributed by atoms with Gasteiger partial charge >= 0.3 is 0 Å². The van der Waals surface area contributed by atoms with Crippen molar-refractivity contribution < 1.29 is 4.79 Å². The molecule has 0 atom stereocenters. The maximum Gasteiger partial charge on any atom is 0.259 e. The van der Waals surface area contributed by atoms with Gasteiger partial charge < -0.3 is 10.6 Å². The summed E-state index contributed by atoms with van der Waals surface area (Å²) in [6.45, 7) is 5.69. The molecule has 0 spiro atoms. The van der Waals surface area contributed by atoms with Crippen molar-refractivity contribution in [2.24, 2.45) is 0 Å². The first-order valence-electron chi connectivity index (χ1n) is 9.46. The summed E-state index contributed by atoms with van der Waals surface area (Å²) in [5.41, 5.74) is 4.52. The Kier molecular flexibility index (Phi) is 5.21. The number of aryl methyl sites for hydroxylation is 2. The van der Waals surface area contributed by atoms with E-state index in [-0.39, 0.29) is 5.91 Å². The zero-order valence-electron chi connectivity index (χ0n) is 16.9. The van der Waals surface area contributed by atoms with E-state index in [1.807, 2.05) is 69.3 Å². The van der Waals surface area contributed by atoms with Crippen LogP contribution in [0.5, 0.6) is 0 Å². The van der Waals surface area contributed by atoms with Gasteiger partial charge in [-0.15, -0.1) is 0 Å². The minimum atomic E-state index is -0.229. The lowest BCUT2D eigenvalue weighted by Crippen LogP contribution is -2.13. The molecular weight excluding hydrogens is 378 g/mol. The molecule has 0 radical (unpaired) electrons. The van der Waals surface area contributed by atoms with Gasteiger partial charge in [0.25, 0.3) is 5.91 Å². The van der Waals surface area contributed by atoms with Gasteiger partial charge in [-0.3, -0.25) is 4.79 Å². The molecule has 4 aromatic rings. The third-order valence-corrected chi connectivity index (χ3v) is 4.50. The van der Waals surface area contributed by atoms with Gasteiger partial charge in [-0.1, -0.05) is 6.07 Å². The predicted molar refractivity (Wildman–Crippen MR) is 115 cm³/mol. The third-order valence-electron chi connectivity index (χ3n) is 4.50. The van der Waals surface area contributed by atoms with Crippen LogP contribution in [0.3, 0.4) is 0 Å². The van der Waals surface area contributed by atoms with Gasteiger partial charge in [0.1, 0.15) is 0 Å². The van der Waals surface area contributed by atoms with Gasteiger partial charge in [0, 0.05) is 29.0 Å². The third kappa shape index (κ3) is 4.17. The van der Waals surface area contributed by atoms with Gasteiger partial charge in [0.05, 0.1) is 17.5 Å². The number of carbonyl (C=O) groups excluding carboxylic acids is 1. The van der Waals surface area contributed by atoms with Crippen LogP contribution in [-0.2, 0) is 0 Å². The molecule has 0 fully saturated rings. The zero-order valence-corrected chi connectivity index (χ0v) is 16.9. The summed E-state index contributed by atoms with van der Waals surface area (Å²) in [7, 11) is 0. The van der Waals surface area contributed by atoms with Gasteiger partial charge in [-0.2, -0.15) is 5.10 Å². The maximum absolute atomic E-state index is 12.7. The van der Waals surface area contributed by atoms with E-state index in [4.69, 9.17) is 0 Å². The number of hydrogen-bond donors (Lipinski definition) is 2. The van der Waals surface area contributed by atoms with Crippen molar-refractivity contribution in [3.63, 3.8) is 0 Å². The molecule has 4 rings (SSSR count). The average molecular weight is 399 g/mol. The lowest BCUT2D eigenvalue weighted by atomic mass is 10.2. The highest BCUT2D eigenvalue weighted by Gasteiger charge is 2.15. The smallest absolute Gasteiger partial charge is 0.259 e. The molecule has 3 aromatic heterocycles. The molecule has 0 aliphatic rings. The van der Waals surface area contributed by atoms with Crippen LogP contribution in [0, 0.1) is 20.8 Å². The first kappa shape index (κ1) is 19.3. The number of hydrogen-bond acceptors (Lipinski definition) is 6. The van der Waals surface area contributed by atoms with Crippen molar-refractivity contribution in [3.05, 3.63) is 83.6 Å². The Hall–Kier alpha value is -4.07. The summed E-state index contributed by atoms with van der Waals surface area (Å²) < 4.78 is 1.64. The van der Waals surface area contributed by atoms with Crippen molar-refractivity contribution in [2.45, 2.75) is 20.8 Å². The molecule has 8 heteroatoms. The SMILES string of the molecule is Cc1cc(C)nc(Nc2ccc(NC(=O)c3cnn(-c4ccccn4)c3C)cc2)n1.